The van der Waals surface area contributed by atoms with Crippen molar-refractivity contribution in [2.24, 2.45) is 0 Å². The van der Waals surface area contributed by atoms with Crippen LogP contribution in [0.15, 0.2) is 36.4 Å². The molecule has 1 aliphatic rings. The van der Waals surface area contributed by atoms with Gasteiger partial charge in [-0.3, -0.25) is 0 Å². The second-order valence-corrected chi connectivity index (χ2v) is 4.36. The summed E-state index contributed by atoms with van der Waals surface area (Å²) in [5.74, 6) is 1.22. The minimum Gasteiger partial charge on any atom is -0.508 e. The summed E-state index contributed by atoms with van der Waals surface area (Å²) >= 11 is 0. The highest BCUT2D eigenvalue weighted by molar-refractivity contribution is 5.75. The van der Waals surface area contributed by atoms with E-state index < -0.39 is 0 Å². The Morgan fingerprint density at radius 1 is 0.941 bits per heavy atom. The highest BCUT2D eigenvalue weighted by atomic mass is 16.5. The third-order valence-corrected chi connectivity index (χ3v) is 3.36. The first-order valence-corrected chi connectivity index (χ1v) is 5.77. The molecule has 0 atom stereocenters. The number of methoxy groups -OCH3 is 1. The average molecular weight is 226 g/mol. The molecule has 3 rings (SSSR count). The molecular weight excluding hydrogens is 212 g/mol. The lowest BCUT2D eigenvalue weighted by atomic mass is 9.85. The van der Waals surface area contributed by atoms with Crippen LogP contribution in [0.1, 0.15) is 11.1 Å². The number of hydrogen-bond donors (Lipinski definition) is 1. The molecule has 0 saturated carbocycles. The number of aromatic hydroxyl groups is 1. The van der Waals surface area contributed by atoms with Gasteiger partial charge in [0.2, 0.25) is 0 Å². The minimum atomic E-state index is 0.326. The first-order chi connectivity index (χ1) is 8.28. The number of benzene rings is 2. The summed E-state index contributed by atoms with van der Waals surface area (Å²) in [6.07, 6.45) is 2.06. The van der Waals surface area contributed by atoms with Crippen LogP contribution >= 0.6 is 0 Å². The van der Waals surface area contributed by atoms with Gasteiger partial charge in [0.1, 0.15) is 11.5 Å². The number of phenols is 1. The highest BCUT2D eigenvalue weighted by Gasteiger charge is 2.16. The molecule has 0 spiro atoms. The molecule has 0 radical (unpaired) electrons. The van der Waals surface area contributed by atoms with Crippen LogP contribution in [0.4, 0.5) is 0 Å². The molecule has 0 saturated heterocycles. The van der Waals surface area contributed by atoms with Crippen molar-refractivity contribution in [3.63, 3.8) is 0 Å². The van der Waals surface area contributed by atoms with E-state index in [-0.39, 0.29) is 0 Å². The molecule has 1 N–H and O–H groups in total. The summed E-state index contributed by atoms with van der Waals surface area (Å²) < 4.78 is 5.24. The number of ether oxygens (including phenoxy) is 1. The molecule has 0 amide bonds. The van der Waals surface area contributed by atoms with Crippen molar-refractivity contribution >= 4 is 0 Å². The third kappa shape index (κ3) is 1.66. The average Bonchev–Trinajstić information content (AvgIpc) is 2.37. The summed E-state index contributed by atoms with van der Waals surface area (Å²) in [7, 11) is 1.68. The fourth-order valence-corrected chi connectivity index (χ4v) is 2.47. The Morgan fingerprint density at radius 2 is 1.76 bits per heavy atom. The summed E-state index contributed by atoms with van der Waals surface area (Å²) in [6, 6.07) is 11.7. The van der Waals surface area contributed by atoms with Crippen molar-refractivity contribution in [2.75, 3.05) is 7.11 Å². The zero-order valence-electron chi connectivity index (χ0n) is 9.73. The first kappa shape index (κ1) is 10.2. The van der Waals surface area contributed by atoms with Crippen LogP contribution in [0.3, 0.4) is 0 Å². The topological polar surface area (TPSA) is 29.5 Å². The van der Waals surface area contributed by atoms with Gasteiger partial charge in [-0.2, -0.15) is 0 Å². The Bertz CT molecular complexity index is 573. The van der Waals surface area contributed by atoms with Crippen LogP contribution in [0.2, 0.25) is 0 Å². The predicted molar refractivity (Wildman–Crippen MR) is 67.5 cm³/mol. The molecule has 2 nitrogen and oxygen atoms in total. The van der Waals surface area contributed by atoms with E-state index in [9.17, 15) is 5.11 Å². The molecule has 2 aromatic rings. The first-order valence-electron chi connectivity index (χ1n) is 5.77. The molecule has 1 aliphatic carbocycles. The monoisotopic (exact) mass is 226 g/mol. The molecule has 2 aromatic carbocycles. The standard InChI is InChI=1S/C15H14O2/c1-17-13-6-7-14-11(8-13)3-2-10-4-5-12(16)9-15(10)14/h4-9,16H,2-3H2,1H3. The summed E-state index contributed by atoms with van der Waals surface area (Å²) in [5.41, 5.74) is 4.96. The Labute approximate surface area is 100 Å². The third-order valence-electron chi connectivity index (χ3n) is 3.36. The maximum absolute atomic E-state index is 9.59. The van der Waals surface area contributed by atoms with Crippen LogP contribution in [0.5, 0.6) is 11.5 Å². The van der Waals surface area contributed by atoms with E-state index in [4.69, 9.17) is 4.74 Å². The molecule has 17 heavy (non-hydrogen) atoms. The van der Waals surface area contributed by atoms with Crippen LogP contribution < -0.4 is 4.74 Å². The maximum atomic E-state index is 9.59. The van der Waals surface area contributed by atoms with E-state index in [2.05, 4.69) is 12.1 Å². The minimum absolute atomic E-state index is 0.326. The van der Waals surface area contributed by atoms with Crippen molar-refractivity contribution in [3.8, 4) is 22.6 Å². The van der Waals surface area contributed by atoms with Crippen molar-refractivity contribution in [1.29, 1.82) is 0 Å². The van der Waals surface area contributed by atoms with Gasteiger partial charge in [0.15, 0.2) is 0 Å². The number of phenolic OH excluding ortho intramolecular Hbond substituents is 1. The lowest BCUT2D eigenvalue weighted by Crippen LogP contribution is -2.03. The van der Waals surface area contributed by atoms with Gasteiger partial charge in [0, 0.05) is 0 Å². The van der Waals surface area contributed by atoms with Gasteiger partial charge < -0.3 is 9.84 Å². The van der Waals surface area contributed by atoms with Gasteiger partial charge in [-0.15, -0.1) is 0 Å². The maximum Gasteiger partial charge on any atom is 0.119 e. The Balaban J connectivity index is 2.19. The number of fused-ring (bicyclic) bond motifs is 3. The Hall–Kier alpha value is -1.96. The molecule has 86 valence electrons. The summed E-state index contributed by atoms with van der Waals surface area (Å²) in [6.45, 7) is 0. The van der Waals surface area contributed by atoms with Crippen LogP contribution in [0, 0.1) is 0 Å². The van der Waals surface area contributed by atoms with E-state index in [0.29, 0.717) is 5.75 Å². The Morgan fingerprint density at radius 3 is 2.59 bits per heavy atom. The SMILES string of the molecule is COc1ccc2c(c1)CCc1ccc(O)cc1-2. The normalized spacial score (nSPS) is 12.8. The van der Waals surface area contributed by atoms with Crippen molar-refractivity contribution in [1.82, 2.24) is 0 Å². The van der Waals surface area contributed by atoms with E-state index >= 15 is 0 Å². The fraction of sp³-hybridized carbons (Fsp3) is 0.200. The van der Waals surface area contributed by atoms with Gasteiger partial charge in [0.25, 0.3) is 0 Å². The van der Waals surface area contributed by atoms with Gasteiger partial charge in [0.05, 0.1) is 7.11 Å². The highest BCUT2D eigenvalue weighted by Crippen LogP contribution is 2.36. The van der Waals surface area contributed by atoms with Crippen molar-refractivity contribution in [2.45, 2.75) is 12.8 Å². The Kier molecular flexibility index (Phi) is 2.29. The van der Waals surface area contributed by atoms with Crippen LogP contribution in [0.25, 0.3) is 11.1 Å². The summed E-state index contributed by atoms with van der Waals surface area (Å²) in [4.78, 5) is 0. The van der Waals surface area contributed by atoms with Gasteiger partial charge in [-0.1, -0.05) is 12.1 Å². The number of hydrogen-bond acceptors (Lipinski definition) is 2. The molecular formula is C15H14O2. The lowest BCUT2D eigenvalue weighted by Gasteiger charge is -2.20. The second-order valence-electron chi connectivity index (χ2n) is 4.36. The molecule has 0 fully saturated rings. The molecule has 0 unspecified atom stereocenters. The second kappa shape index (κ2) is 3.81. The van der Waals surface area contributed by atoms with Gasteiger partial charge >= 0.3 is 0 Å². The van der Waals surface area contributed by atoms with Crippen LogP contribution in [-0.4, -0.2) is 12.2 Å². The van der Waals surface area contributed by atoms with E-state index in [1.807, 2.05) is 18.2 Å². The molecule has 2 heteroatoms. The summed E-state index contributed by atoms with van der Waals surface area (Å²) in [5, 5.41) is 9.59. The van der Waals surface area contributed by atoms with Gasteiger partial charge in [-0.05, 0) is 59.4 Å². The van der Waals surface area contributed by atoms with E-state index in [0.717, 1.165) is 24.2 Å². The van der Waals surface area contributed by atoms with E-state index in [1.54, 1.807) is 13.2 Å². The molecule has 0 heterocycles. The largest absolute Gasteiger partial charge is 0.508 e. The number of aryl methyl sites for hydroxylation is 2. The lowest BCUT2D eigenvalue weighted by molar-refractivity contribution is 0.414. The molecule has 0 aliphatic heterocycles. The fourth-order valence-electron chi connectivity index (χ4n) is 2.47. The smallest absolute Gasteiger partial charge is 0.119 e. The van der Waals surface area contributed by atoms with Crippen molar-refractivity contribution in [3.05, 3.63) is 47.5 Å². The van der Waals surface area contributed by atoms with E-state index in [1.165, 1.54) is 16.7 Å². The van der Waals surface area contributed by atoms with Crippen LogP contribution in [-0.2, 0) is 12.8 Å². The van der Waals surface area contributed by atoms with Gasteiger partial charge in [-0.25, -0.2) is 0 Å². The molecule has 0 bridgehead atoms. The molecule has 0 aromatic heterocycles. The predicted octanol–water partition coefficient (Wildman–Crippen LogP) is 3.17. The van der Waals surface area contributed by atoms with Crippen molar-refractivity contribution < 1.29 is 9.84 Å². The quantitative estimate of drug-likeness (QED) is 0.809. The number of rotatable bonds is 1. The zero-order valence-corrected chi connectivity index (χ0v) is 9.73. The zero-order chi connectivity index (χ0) is 11.8.